The Labute approximate surface area is 133 Å². The van der Waals surface area contributed by atoms with Crippen LogP contribution in [0.15, 0.2) is 18.2 Å². The van der Waals surface area contributed by atoms with Crippen LogP contribution in [0.1, 0.15) is 50.3 Å². The summed E-state index contributed by atoms with van der Waals surface area (Å²) in [5.74, 6) is 1.64. The van der Waals surface area contributed by atoms with E-state index >= 15 is 0 Å². The average molecular weight is 301 g/mol. The van der Waals surface area contributed by atoms with Crippen LogP contribution in [-0.4, -0.2) is 45.9 Å². The van der Waals surface area contributed by atoms with Crippen molar-refractivity contribution in [2.45, 2.75) is 46.2 Å². The average Bonchev–Trinajstić information content (AvgIpc) is 2.41. The summed E-state index contributed by atoms with van der Waals surface area (Å²) in [7, 11) is 0. The van der Waals surface area contributed by atoms with Crippen molar-refractivity contribution in [3.63, 3.8) is 0 Å². The highest BCUT2D eigenvalue weighted by molar-refractivity contribution is 5.93. The molecule has 2 aliphatic heterocycles. The summed E-state index contributed by atoms with van der Waals surface area (Å²) in [6.45, 7) is 12.8. The van der Waals surface area contributed by atoms with Gasteiger partial charge in [-0.25, -0.2) is 4.98 Å². The number of nitrogens with zero attached hydrogens (tertiary/aromatic N) is 3. The highest BCUT2D eigenvalue weighted by Crippen LogP contribution is 2.31. The second kappa shape index (κ2) is 5.65. The number of hydrogen-bond acceptors (Lipinski definition) is 3. The van der Waals surface area contributed by atoms with E-state index in [-0.39, 0.29) is 11.4 Å². The van der Waals surface area contributed by atoms with Crippen LogP contribution in [0.4, 0.5) is 0 Å². The predicted octanol–water partition coefficient (Wildman–Crippen LogP) is 2.79. The van der Waals surface area contributed by atoms with Gasteiger partial charge in [-0.15, -0.1) is 0 Å². The lowest BCUT2D eigenvalue weighted by atomic mass is 9.88. The molecule has 4 nitrogen and oxygen atoms in total. The zero-order chi connectivity index (χ0) is 15.9. The molecule has 22 heavy (non-hydrogen) atoms. The van der Waals surface area contributed by atoms with Gasteiger partial charge in [0.05, 0.1) is 5.69 Å². The van der Waals surface area contributed by atoms with Crippen molar-refractivity contribution in [3.05, 3.63) is 29.6 Å². The van der Waals surface area contributed by atoms with Crippen LogP contribution in [0.3, 0.4) is 0 Å². The first-order chi connectivity index (χ1) is 10.4. The number of likely N-dealkylation sites (tertiary alicyclic amines) is 2. The van der Waals surface area contributed by atoms with Gasteiger partial charge in [0, 0.05) is 31.7 Å². The van der Waals surface area contributed by atoms with Crippen LogP contribution < -0.4 is 0 Å². The maximum absolute atomic E-state index is 12.6. The first kappa shape index (κ1) is 15.5. The molecule has 120 valence electrons. The number of aromatic nitrogens is 1. The molecule has 0 bridgehead atoms. The fourth-order valence-corrected chi connectivity index (χ4v) is 3.26. The molecule has 0 aromatic carbocycles. The van der Waals surface area contributed by atoms with E-state index in [4.69, 9.17) is 0 Å². The molecule has 4 heteroatoms. The lowest BCUT2D eigenvalue weighted by molar-refractivity contribution is 0.0151. The van der Waals surface area contributed by atoms with Crippen molar-refractivity contribution in [2.24, 2.45) is 11.8 Å². The number of pyridine rings is 1. The lowest BCUT2D eigenvalue weighted by Crippen LogP contribution is -2.58. The molecule has 2 fully saturated rings. The van der Waals surface area contributed by atoms with Gasteiger partial charge in [0.1, 0.15) is 5.69 Å². The molecule has 0 N–H and O–H groups in total. The second-order valence-electron chi connectivity index (χ2n) is 7.73. The highest BCUT2D eigenvalue weighted by atomic mass is 16.2. The first-order valence-corrected chi connectivity index (χ1v) is 8.37. The Balaban J connectivity index is 1.62. The Hall–Kier alpha value is -1.42. The minimum Gasteiger partial charge on any atom is -0.332 e. The van der Waals surface area contributed by atoms with E-state index in [1.54, 1.807) is 0 Å². The third kappa shape index (κ3) is 2.89. The number of carbonyl (C=O) groups is 1. The van der Waals surface area contributed by atoms with Gasteiger partial charge in [-0.3, -0.25) is 9.69 Å². The smallest absolute Gasteiger partial charge is 0.272 e. The quantitative estimate of drug-likeness (QED) is 0.858. The van der Waals surface area contributed by atoms with Crippen LogP contribution >= 0.6 is 0 Å². The minimum absolute atomic E-state index is 0.0171. The van der Waals surface area contributed by atoms with E-state index < -0.39 is 0 Å². The summed E-state index contributed by atoms with van der Waals surface area (Å²) in [5, 5.41) is 0. The van der Waals surface area contributed by atoms with E-state index in [0.717, 1.165) is 50.1 Å². The van der Waals surface area contributed by atoms with Crippen molar-refractivity contribution in [2.75, 3.05) is 19.6 Å². The highest BCUT2D eigenvalue weighted by Gasteiger charge is 2.40. The van der Waals surface area contributed by atoms with Gasteiger partial charge in [-0.05, 0) is 44.2 Å². The molecule has 0 radical (unpaired) electrons. The molecule has 0 unspecified atom stereocenters. The van der Waals surface area contributed by atoms with E-state index in [2.05, 4.69) is 37.6 Å². The summed E-state index contributed by atoms with van der Waals surface area (Å²) in [6, 6.07) is 5.83. The molecular formula is C18H27N3O. The summed E-state index contributed by atoms with van der Waals surface area (Å²) < 4.78 is 0. The van der Waals surface area contributed by atoms with Crippen LogP contribution in [0, 0.1) is 11.8 Å². The molecule has 0 aliphatic carbocycles. The molecule has 0 saturated carbocycles. The van der Waals surface area contributed by atoms with Crippen molar-refractivity contribution < 1.29 is 4.79 Å². The van der Waals surface area contributed by atoms with Crippen LogP contribution in [0.5, 0.6) is 0 Å². The molecule has 2 saturated heterocycles. The first-order valence-electron chi connectivity index (χ1n) is 8.37. The lowest BCUT2D eigenvalue weighted by Gasteiger charge is -2.48. The fourth-order valence-electron chi connectivity index (χ4n) is 3.26. The van der Waals surface area contributed by atoms with E-state index in [0.29, 0.717) is 5.69 Å². The zero-order valence-corrected chi connectivity index (χ0v) is 14.2. The molecule has 0 atom stereocenters. The van der Waals surface area contributed by atoms with Gasteiger partial charge < -0.3 is 4.90 Å². The summed E-state index contributed by atoms with van der Waals surface area (Å²) in [6.07, 6.45) is 1.07. The zero-order valence-electron chi connectivity index (χ0n) is 14.2. The fraction of sp³-hybridized carbons (Fsp3) is 0.667. The third-order valence-corrected chi connectivity index (χ3v) is 5.26. The normalized spacial score (nSPS) is 21.6. The van der Waals surface area contributed by atoms with Crippen LogP contribution in [0.2, 0.25) is 0 Å². The molecule has 0 spiro atoms. The SMILES string of the molecule is CC(C)C1CN(Cc2cccc(C(=O)N3CCC3(C)C)n2)C1. The summed E-state index contributed by atoms with van der Waals surface area (Å²) in [5.41, 5.74) is 1.58. The second-order valence-corrected chi connectivity index (χ2v) is 7.73. The van der Waals surface area contributed by atoms with E-state index in [9.17, 15) is 4.79 Å². The van der Waals surface area contributed by atoms with Gasteiger partial charge in [0.25, 0.3) is 5.91 Å². The standard InChI is InChI=1S/C18H27N3O/c1-13(2)14-10-20(11-14)12-15-6-5-7-16(19-15)17(22)21-9-8-18(21,3)4/h5-7,13-14H,8-12H2,1-4H3. The minimum atomic E-state index is -0.0171. The summed E-state index contributed by atoms with van der Waals surface area (Å²) >= 11 is 0. The molecule has 1 amide bonds. The topological polar surface area (TPSA) is 36.4 Å². The molecule has 2 aliphatic rings. The van der Waals surface area contributed by atoms with Crippen molar-refractivity contribution in [3.8, 4) is 0 Å². The van der Waals surface area contributed by atoms with Gasteiger partial charge in [0.2, 0.25) is 0 Å². The Kier molecular flexibility index (Phi) is 3.98. The van der Waals surface area contributed by atoms with E-state index in [1.165, 1.54) is 0 Å². The molecule has 3 heterocycles. The number of amides is 1. The molecule has 3 rings (SSSR count). The van der Waals surface area contributed by atoms with Crippen molar-refractivity contribution in [1.82, 2.24) is 14.8 Å². The molecule has 1 aromatic rings. The van der Waals surface area contributed by atoms with E-state index in [1.807, 2.05) is 23.1 Å². The van der Waals surface area contributed by atoms with Crippen LogP contribution in [-0.2, 0) is 6.54 Å². The molecular weight excluding hydrogens is 274 g/mol. The number of carbonyl (C=O) groups excluding carboxylic acids is 1. The monoisotopic (exact) mass is 301 g/mol. The Morgan fingerprint density at radius 2 is 2.09 bits per heavy atom. The Morgan fingerprint density at radius 1 is 1.36 bits per heavy atom. The Bertz CT molecular complexity index is 561. The molecule has 1 aromatic heterocycles. The Morgan fingerprint density at radius 3 is 2.64 bits per heavy atom. The van der Waals surface area contributed by atoms with Crippen molar-refractivity contribution >= 4 is 5.91 Å². The number of rotatable bonds is 4. The maximum Gasteiger partial charge on any atom is 0.272 e. The largest absolute Gasteiger partial charge is 0.332 e. The maximum atomic E-state index is 12.6. The van der Waals surface area contributed by atoms with Gasteiger partial charge >= 0.3 is 0 Å². The van der Waals surface area contributed by atoms with Crippen molar-refractivity contribution in [1.29, 1.82) is 0 Å². The summed E-state index contributed by atoms with van der Waals surface area (Å²) in [4.78, 5) is 21.5. The van der Waals surface area contributed by atoms with Gasteiger partial charge in [-0.2, -0.15) is 0 Å². The van der Waals surface area contributed by atoms with Gasteiger partial charge in [-0.1, -0.05) is 19.9 Å². The third-order valence-electron chi connectivity index (χ3n) is 5.26. The number of hydrogen-bond donors (Lipinski definition) is 0. The predicted molar refractivity (Wildman–Crippen MR) is 87.6 cm³/mol. The van der Waals surface area contributed by atoms with Gasteiger partial charge in [0.15, 0.2) is 0 Å². The van der Waals surface area contributed by atoms with Crippen LogP contribution in [0.25, 0.3) is 0 Å².